The number of rotatable bonds is 4. The lowest BCUT2D eigenvalue weighted by Gasteiger charge is -2.24. The van der Waals surface area contributed by atoms with Crippen LogP contribution in [0.25, 0.3) is 0 Å². The molecule has 1 unspecified atom stereocenters. The number of hydrogen-bond acceptors (Lipinski definition) is 5. The summed E-state index contributed by atoms with van der Waals surface area (Å²) in [5.74, 6) is 0.952. The molecule has 24 heavy (non-hydrogen) atoms. The van der Waals surface area contributed by atoms with Gasteiger partial charge in [-0.05, 0) is 31.9 Å². The van der Waals surface area contributed by atoms with Gasteiger partial charge in [0.2, 0.25) is 5.91 Å². The molecule has 3 rings (SSSR count). The number of aryl methyl sites for hydroxylation is 2. The van der Waals surface area contributed by atoms with Crippen molar-refractivity contribution in [3.63, 3.8) is 0 Å². The molecule has 1 fully saturated rings. The van der Waals surface area contributed by atoms with Crippen molar-refractivity contribution in [2.45, 2.75) is 32.2 Å². The molecule has 0 saturated carbocycles. The van der Waals surface area contributed by atoms with E-state index < -0.39 is 0 Å². The maximum absolute atomic E-state index is 12.8. The lowest BCUT2D eigenvalue weighted by molar-refractivity contribution is -0.131. The summed E-state index contributed by atoms with van der Waals surface area (Å²) in [5, 5.41) is 12.9. The molecule has 0 aliphatic carbocycles. The molecule has 2 aromatic rings. The Morgan fingerprint density at radius 3 is 2.71 bits per heavy atom. The van der Waals surface area contributed by atoms with E-state index in [4.69, 9.17) is 0 Å². The first-order chi connectivity index (χ1) is 11.5. The van der Waals surface area contributed by atoms with Crippen molar-refractivity contribution in [1.29, 1.82) is 0 Å². The largest absolute Gasteiger partial charge is 0.361 e. The summed E-state index contributed by atoms with van der Waals surface area (Å²) < 4.78 is 1.75. The third-order valence-electron chi connectivity index (χ3n) is 4.50. The van der Waals surface area contributed by atoms with Gasteiger partial charge in [0.15, 0.2) is 5.82 Å². The van der Waals surface area contributed by atoms with Crippen molar-refractivity contribution in [2.75, 3.05) is 25.5 Å². The van der Waals surface area contributed by atoms with Gasteiger partial charge in [-0.3, -0.25) is 9.48 Å². The van der Waals surface area contributed by atoms with Gasteiger partial charge in [0.25, 0.3) is 0 Å². The number of aromatic nitrogens is 4. The minimum Gasteiger partial charge on any atom is -0.361 e. The topological polar surface area (TPSA) is 67.2 Å². The number of amides is 1. The number of nitrogens with zero attached hydrogens (tertiary/aromatic N) is 6. The minimum absolute atomic E-state index is 0.0261. The molecule has 0 N–H and O–H groups in total. The summed E-state index contributed by atoms with van der Waals surface area (Å²) in [5.41, 5.74) is 2.77. The third kappa shape index (κ3) is 3.25. The summed E-state index contributed by atoms with van der Waals surface area (Å²) in [4.78, 5) is 16.6. The Bertz CT molecular complexity index is 721. The Labute approximate surface area is 142 Å². The van der Waals surface area contributed by atoms with E-state index in [1.807, 2.05) is 56.2 Å². The minimum atomic E-state index is 0.0261. The average molecular weight is 328 g/mol. The van der Waals surface area contributed by atoms with Crippen molar-refractivity contribution >= 4 is 11.7 Å². The third-order valence-corrected chi connectivity index (χ3v) is 4.50. The summed E-state index contributed by atoms with van der Waals surface area (Å²) in [6, 6.07) is 3.96. The first kappa shape index (κ1) is 16.4. The van der Waals surface area contributed by atoms with Gasteiger partial charge in [-0.2, -0.15) is 10.2 Å². The van der Waals surface area contributed by atoms with Crippen molar-refractivity contribution in [3.8, 4) is 0 Å². The molecule has 0 radical (unpaired) electrons. The van der Waals surface area contributed by atoms with Crippen LogP contribution in [0.4, 0.5) is 5.82 Å². The lowest BCUT2D eigenvalue weighted by Crippen LogP contribution is -2.32. The molecule has 0 aromatic carbocycles. The lowest BCUT2D eigenvalue weighted by atomic mass is 10.1. The van der Waals surface area contributed by atoms with Gasteiger partial charge < -0.3 is 9.80 Å². The van der Waals surface area contributed by atoms with E-state index in [0.29, 0.717) is 6.42 Å². The maximum atomic E-state index is 12.8. The van der Waals surface area contributed by atoms with Crippen molar-refractivity contribution < 1.29 is 4.79 Å². The van der Waals surface area contributed by atoms with Crippen LogP contribution in [-0.4, -0.2) is 51.4 Å². The van der Waals surface area contributed by atoms with E-state index in [1.54, 1.807) is 4.68 Å². The maximum Gasteiger partial charge on any atom is 0.227 e. The van der Waals surface area contributed by atoms with E-state index >= 15 is 0 Å². The highest BCUT2D eigenvalue weighted by molar-refractivity contribution is 5.79. The Balaban J connectivity index is 1.75. The van der Waals surface area contributed by atoms with E-state index in [0.717, 1.165) is 42.2 Å². The normalized spacial score (nSPS) is 17.3. The second-order valence-corrected chi connectivity index (χ2v) is 6.55. The van der Waals surface area contributed by atoms with E-state index in [-0.39, 0.29) is 11.9 Å². The van der Waals surface area contributed by atoms with Gasteiger partial charge in [-0.15, -0.1) is 5.10 Å². The van der Waals surface area contributed by atoms with Gasteiger partial charge in [-0.25, -0.2) is 0 Å². The zero-order chi connectivity index (χ0) is 17.3. The molecule has 1 amide bonds. The monoisotopic (exact) mass is 328 g/mol. The summed E-state index contributed by atoms with van der Waals surface area (Å²) in [7, 11) is 5.75. The van der Waals surface area contributed by atoms with Gasteiger partial charge in [0, 0.05) is 39.4 Å². The van der Waals surface area contributed by atoms with Gasteiger partial charge >= 0.3 is 0 Å². The Morgan fingerprint density at radius 1 is 1.33 bits per heavy atom. The highest BCUT2D eigenvalue weighted by Gasteiger charge is 2.31. The van der Waals surface area contributed by atoms with Crippen LogP contribution in [0.15, 0.2) is 18.3 Å². The Hall–Kier alpha value is -2.44. The molecule has 7 nitrogen and oxygen atoms in total. The first-order valence-corrected chi connectivity index (χ1v) is 8.25. The van der Waals surface area contributed by atoms with Crippen LogP contribution in [0.5, 0.6) is 0 Å². The molecule has 1 aliphatic heterocycles. The van der Waals surface area contributed by atoms with Crippen LogP contribution in [0.3, 0.4) is 0 Å². The number of carbonyl (C=O) groups is 1. The summed E-state index contributed by atoms with van der Waals surface area (Å²) in [6.45, 7) is 2.72. The smallest absolute Gasteiger partial charge is 0.227 e. The molecular weight excluding hydrogens is 304 g/mol. The van der Waals surface area contributed by atoms with Crippen LogP contribution >= 0.6 is 0 Å². The Morgan fingerprint density at radius 2 is 2.12 bits per heavy atom. The summed E-state index contributed by atoms with van der Waals surface area (Å²) >= 11 is 0. The zero-order valence-electron chi connectivity index (χ0n) is 14.7. The molecule has 7 heteroatoms. The quantitative estimate of drug-likeness (QED) is 0.851. The van der Waals surface area contributed by atoms with Gasteiger partial charge in [0.05, 0.1) is 23.9 Å². The van der Waals surface area contributed by atoms with Crippen LogP contribution < -0.4 is 4.90 Å². The summed E-state index contributed by atoms with van der Waals surface area (Å²) in [6.07, 6.45) is 4.25. The second-order valence-electron chi connectivity index (χ2n) is 6.55. The van der Waals surface area contributed by atoms with Crippen molar-refractivity contribution in [1.82, 2.24) is 24.9 Å². The van der Waals surface area contributed by atoms with Crippen LogP contribution in [0, 0.1) is 6.92 Å². The SMILES string of the molecule is Cc1nn(C)cc1CC(=O)N1CCCC1c1ccc(N(C)C)nn1. The number of hydrogen-bond donors (Lipinski definition) is 0. The van der Waals surface area contributed by atoms with E-state index in [1.165, 1.54) is 0 Å². The fourth-order valence-corrected chi connectivity index (χ4v) is 3.21. The highest BCUT2D eigenvalue weighted by Crippen LogP contribution is 2.31. The average Bonchev–Trinajstić information content (AvgIpc) is 3.14. The van der Waals surface area contributed by atoms with E-state index in [2.05, 4.69) is 15.3 Å². The second kappa shape index (κ2) is 6.59. The van der Waals surface area contributed by atoms with Crippen molar-refractivity contribution in [3.05, 3.63) is 35.3 Å². The molecule has 1 atom stereocenters. The predicted molar refractivity (Wildman–Crippen MR) is 91.7 cm³/mol. The molecule has 0 bridgehead atoms. The molecule has 0 spiro atoms. The molecule has 128 valence electrons. The fourth-order valence-electron chi connectivity index (χ4n) is 3.21. The zero-order valence-corrected chi connectivity index (χ0v) is 14.7. The van der Waals surface area contributed by atoms with Crippen LogP contribution in [0.1, 0.15) is 35.8 Å². The molecule has 1 aliphatic rings. The molecule has 1 saturated heterocycles. The van der Waals surface area contributed by atoms with Gasteiger partial charge in [-0.1, -0.05) is 0 Å². The molecule has 2 aromatic heterocycles. The van der Waals surface area contributed by atoms with Crippen LogP contribution in [-0.2, 0) is 18.3 Å². The Kier molecular flexibility index (Phi) is 4.51. The highest BCUT2D eigenvalue weighted by atomic mass is 16.2. The number of likely N-dealkylation sites (tertiary alicyclic amines) is 1. The number of anilines is 1. The fraction of sp³-hybridized carbons (Fsp3) is 0.529. The van der Waals surface area contributed by atoms with Gasteiger partial charge in [0.1, 0.15) is 0 Å². The predicted octanol–water partition coefficient (Wildman–Crippen LogP) is 1.49. The van der Waals surface area contributed by atoms with Crippen molar-refractivity contribution in [2.24, 2.45) is 7.05 Å². The number of carbonyl (C=O) groups excluding carboxylic acids is 1. The van der Waals surface area contributed by atoms with E-state index in [9.17, 15) is 4.79 Å². The molecular formula is C17H24N6O. The van der Waals surface area contributed by atoms with Crippen LogP contribution in [0.2, 0.25) is 0 Å². The molecule has 3 heterocycles. The standard InChI is InChI=1S/C17H24N6O/c1-12-13(11-22(4)20-12)10-17(24)23-9-5-6-15(23)14-7-8-16(19-18-14)21(2)3/h7-8,11,15H,5-6,9-10H2,1-4H3. The first-order valence-electron chi connectivity index (χ1n) is 8.25.